The smallest absolute Gasteiger partial charge is 0.343 e. The van der Waals surface area contributed by atoms with Crippen LogP contribution in [0.3, 0.4) is 0 Å². The summed E-state index contributed by atoms with van der Waals surface area (Å²) in [6.45, 7) is -0.512. The van der Waals surface area contributed by atoms with E-state index in [-0.39, 0.29) is 58.3 Å². The van der Waals surface area contributed by atoms with Crippen LogP contribution >= 0.6 is 0 Å². The number of Topliss-reactive ketones (excluding diaryl/α,β-unsaturated/α-hetero) is 1. The van der Waals surface area contributed by atoms with Crippen LogP contribution in [0.2, 0.25) is 0 Å². The van der Waals surface area contributed by atoms with Crippen molar-refractivity contribution in [3.8, 4) is 5.75 Å². The lowest BCUT2D eigenvalue weighted by atomic mass is 9.73. The highest BCUT2D eigenvalue weighted by Crippen LogP contribution is 2.61. The van der Waals surface area contributed by atoms with Crippen molar-refractivity contribution in [1.29, 1.82) is 0 Å². The lowest BCUT2D eigenvalue weighted by Gasteiger charge is -2.28. The Morgan fingerprint density at radius 1 is 0.667 bits per heavy atom. The molecular weight excluding hydrogens is 570 g/mol. The largest absolute Gasteiger partial charge is 0.454 e. The number of imide groups is 1. The van der Waals surface area contributed by atoms with Gasteiger partial charge in [0.25, 0.3) is 0 Å². The first-order valence-corrected chi connectivity index (χ1v) is 15.0. The fourth-order valence-corrected chi connectivity index (χ4v) is 7.32. The number of benzene rings is 4. The molecule has 1 heterocycles. The summed E-state index contributed by atoms with van der Waals surface area (Å²) in [5.74, 6) is -2.00. The molecule has 5 atom stereocenters. The number of rotatable bonds is 8. The predicted octanol–water partition coefficient (Wildman–Crippen LogP) is 5.87. The van der Waals surface area contributed by atoms with E-state index in [1.54, 1.807) is 42.5 Å². The highest BCUT2D eigenvalue weighted by molar-refractivity contribution is 6.23. The normalized spacial score (nSPS) is 23.1. The van der Waals surface area contributed by atoms with Gasteiger partial charge >= 0.3 is 11.9 Å². The summed E-state index contributed by atoms with van der Waals surface area (Å²) in [5.41, 5.74) is 2.35. The average molecular weight is 600 g/mol. The lowest BCUT2D eigenvalue weighted by molar-refractivity contribution is -0.123. The minimum Gasteiger partial charge on any atom is -0.454 e. The Morgan fingerprint density at radius 3 is 2.07 bits per heavy atom. The number of fused-ring (bicyclic) bond motifs is 5. The minimum absolute atomic E-state index is 0.119. The van der Waals surface area contributed by atoms with Crippen LogP contribution in [0.5, 0.6) is 5.75 Å². The number of hydrogen-bond donors (Lipinski definition) is 0. The summed E-state index contributed by atoms with van der Waals surface area (Å²) in [6, 6.07) is 30.9. The summed E-state index contributed by atoms with van der Waals surface area (Å²) in [4.78, 5) is 66.4. The van der Waals surface area contributed by atoms with E-state index in [1.165, 1.54) is 46.9 Å². The molecule has 4 aromatic carbocycles. The highest BCUT2D eigenvalue weighted by atomic mass is 16.5. The van der Waals surface area contributed by atoms with Crippen molar-refractivity contribution in [2.24, 2.45) is 23.7 Å². The Morgan fingerprint density at radius 2 is 1.33 bits per heavy atom. The monoisotopic (exact) mass is 599 g/mol. The Hall–Kier alpha value is -5.37. The third kappa shape index (κ3) is 5.22. The van der Waals surface area contributed by atoms with E-state index in [9.17, 15) is 24.0 Å². The number of anilines is 1. The lowest BCUT2D eigenvalue weighted by Crippen LogP contribution is -2.33. The Labute approximate surface area is 259 Å². The van der Waals surface area contributed by atoms with E-state index >= 15 is 0 Å². The maximum atomic E-state index is 13.7. The standard InChI is InChI=1S/C37H29NO7/c39-31(23-14-16-28(17-15-23)45-37(43)24-10-5-2-6-11-24)21-44-36(42)25-12-7-13-27(18-25)38-34(40)32-26-19-29(22-8-3-1-4-9-22)30(20-26)33(32)35(38)41/h1-18,26,29-30,32-33H,19-21H2/t26-,29+,30+,32+,33+/m0/s1. The molecule has 2 bridgehead atoms. The molecule has 2 saturated carbocycles. The summed E-state index contributed by atoms with van der Waals surface area (Å²) < 4.78 is 10.6. The third-order valence-electron chi connectivity index (χ3n) is 9.31. The van der Waals surface area contributed by atoms with Gasteiger partial charge in [0.05, 0.1) is 28.7 Å². The summed E-state index contributed by atoms with van der Waals surface area (Å²) in [7, 11) is 0. The van der Waals surface area contributed by atoms with Crippen LogP contribution in [-0.2, 0) is 14.3 Å². The van der Waals surface area contributed by atoms with E-state index in [0.29, 0.717) is 11.3 Å². The first-order chi connectivity index (χ1) is 21.9. The van der Waals surface area contributed by atoms with Crippen LogP contribution in [0.15, 0.2) is 109 Å². The second-order valence-corrected chi connectivity index (χ2v) is 11.8. The summed E-state index contributed by atoms with van der Waals surface area (Å²) in [5, 5.41) is 0. The number of carbonyl (C=O) groups excluding carboxylic acids is 5. The van der Waals surface area contributed by atoms with E-state index in [1.807, 2.05) is 18.2 Å². The van der Waals surface area contributed by atoms with Gasteiger partial charge in [-0.1, -0.05) is 54.6 Å². The predicted molar refractivity (Wildman–Crippen MR) is 164 cm³/mol. The van der Waals surface area contributed by atoms with Gasteiger partial charge in [-0.05, 0) is 90.8 Å². The van der Waals surface area contributed by atoms with Gasteiger partial charge < -0.3 is 9.47 Å². The zero-order chi connectivity index (χ0) is 31.1. The molecule has 45 heavy (non-hydrogen) atoms. The van der Waals surface area contributed by atoms with E-state index in [0.717, 1.165) is 12.8 Å². The van der Waals surface area contributed by atoms with Crippen LogP contribution in [0, 0.1) is 23.7 Å². The van der Waals surface area contributed by atoms with Gasteiger partial charge in [0.1, 0.15) is 5.75 Å². The molecule has 3 fully saturated rings. The van der Waals surface area contributed by atoms with Crippen LogP contribution in [0.1, 0.15) is 55.4 Å². The van der Waals surface area contributed by atoms with Gasteiger partial charge in [-0.2, -0.15) is 0 Å². The zero-order valence-electron chi connectivity index (χ0n) is 24.2. The molecule has 0 unspecified atom stereocenters. The number of carbonyl (C=O) groups is 5. The van der Waals surface area contributed by atoms with Crippen molar-refractivity contribution in [3.05, 3.63) is 131 Å². The summed E-state index contributed by atoms with van der Waals surface area (Å²) in [6.07, 6.45) is 1.77. The van der Waals surface area contributed by atoms with Crippen LogP contribution in [0.4, 0.5) is 5.69 Å². The van der Waals surface area contributed by atoms with Crippen molar-refractivity contribution in [1.82, 2.24) is 0 Å². The van der Waals surface area contributed by atoms with Gasteiger partial charge in [-0.25, -0.2) is 9.59 Å². The molecule has 8 nitrogen and oxygen atoms in total. The van der Waals surface area contributed by atoms with Gasteiger partial charge in [0, 0.05) is 5.56 Å². The first kappa shape index (κ1) is 28.4. The second-order valence-electron chi connectivity index (χ2n) is 11.8. The number of amides is 2. The number of nitrogens with zero attached hydrogens (tertiary/aromatic N) is 1. The van der Waals surface area contributed by atoms with E-state index in [4.69, 9.17) is 9.47 Å². The molecule has 8 heteroatoms. The quantitative estimate of drug-likeness (QED) is 0.108. The van der Waals surface area contributed by atoms with Crippen LogP contribution in [-0.4, -0.2) is 36.1 Å². The Balaban J connectivity index is 0.985. The average Bonchev–Trinajstić information content (AvgIpc) is 3.75. The molecule has 1 aliphatic heterocycles. The minimum atomic E-state index is -0.748. The number of hydrogen-bond acceptors (Lipinski definition) is 7. The topological polar surface area (TPSA) is 107 Å². The molecule has 3 aliphatic rings. The van der Waals surface area contributed by atoms with Gasteiger partial charge in [0.15, 0.2) is 12.4 Å². The Kier molecular flexibility index (Phi) is 7.33. The molecule has 7 rings (SSSR count). The fourth-order valence-electron chi connectivity index (χ4n) is 7.32. The molecule has 2 amide bonds. The molecule has 0 spiro atoms. The fraction of sp³-hybridized carbons (Fsp3) is 0.216. The summed E-state index contributed by atoms with van der Waals surface area (Å²) >= 11 is 0. The maximum Gasteiger partial charge on any atom is 0.343 e. The maximum absolute atomic E-state index is 13.7. The molecular formula is C37H29NO7. The number of ether oxygens (including phenoxy) is 2. The van der Waals surface area contributed by atoms with Gasteiger partial charge in [-0.15, -0.1) is 0 Å². The second kappa shape index (κ2) is 11.6. The first-order valence-electron chi connectivity index (χ1n) is 15.0. The SMILES string of the molecule is O=C(COC(=O)c1cccc(N2C(=O)[C@@H]3[C@@H]4C[C@@H]([C@H]3C2=O)[C@@H](c2ccccc2)C4)c1)c1ccc(OC(=O)c2ccccc2)cc1. The molecule has 0 aromatic heterocycles. The van der Waals surface area contributed by atoms with E-state index in [2.05, 4.69) is 12.1 Å². The molecule has 224 valence electrons. The Bertz CT molecular complexity index is 1800. The van der Waals surface area contributed by atoms with Crippen LogP contribution in [0.25, 0.3) is 0 Å². The molecule has 0 N–H and O–H groups in total. The molecule has 1 saturated heterocycles. The van der Waals surface area contributed by atoms with Gasteiger partial charge in [0.2, 0.25) is 11.8 Å². The number of esters is 2. The van der Waals surface area contributed by atoms with Crippen molar-refractivity contribution in [2.45, 2.75) is 18.8 Å². The van der Waals surface area contributed by atoms with Crippen molar-refractivity contribution < 1.29 is 33.4 Å². The molecule has 0 radical (unpaired) electrons. The van der Waals surface area contributed by atoms with Crippen molar-refractivity contribution >= 4 is 35.2 Å². The zero-order valence-corrected chi connectivity index (χ0v) is 24.2. The third-order valence-corrected chi connectivity index (χ3v) is 9.31. The number of ketones is 1. The van der Waals surface area contributed by atoms with Crippen LogP contribution < -0.4 is 9.64 Å². The van der Waals surface area contributed by atoms with Crippen molar-refractivity contribution in [2.75, 3.05) is 11.5 Å². The molecule has 4 aromatic rings. The van der Waals surface area contributed by atoms with Crippen molar-refractivity contribution in [3.63, 3.8) is 0 Å². The molecule has 2 aliphatic carbocycles. The van der Waals surface area contributed by atoms with Gasteiger partial charge in [-0.3, -0.25) is 19.3 Å². The highest BCUT2D eigenvalue weighted by Gasteiger charge is 2.64. The van der Waals surface area contributed by atoms with E-state index < -0.39 is 24.3 Å².